The van der Waals surface area contributed by atoms with E-state index in [-0.39, 0.29) is 24.6 Å². The van der Waals surface area contributed by atoms with Gasteiger partial charge in [0.2, 0.25) is 5.91 Å². The Morgan fingerprint density at radius 3 is 2.79 bits per heavy atom. The van der Waals surface area contributed by atoms with Crippen molar-refractivity contribution in [2.75, 3.05) is 0 Å². The molecule has 0 radical (unpaired) electrons. The average Bonchev–Trinajstić information content (AvgIpc) is 3.34. The van der Waals surface area contributed by atoms with Gasteiger partial charge in [-0.3, -0.25) is 9.59 Å². The molecular weight excluding hydrogens is 358 g/mol. The molecule has 0 atom stereocenters. The second-order valence-corrected chi connectivity index (χ2v) is 6.61. The third-order valence-electron chi connectivity index (χ3n) is 4.63. The number of nitrogens with one attached hydrogen (secondary N) is 1. The van der Waals surface area contributed by atoms with E-state index in [1.807, 2.05) is 32.0 Å². The van der Waals surface area contributed by atoms with Crippen LogP contribution in [0.15, 0.2) is 58.2 Å². The van der Waals surface area contributed by atoms with Crippen LogP contribution in [-0.4, -0.2) is 25.3 Å². The van der Waals surface area contributed by atoms with Crippen molar-refractivity contribution in [3.8, 4) is 11.3 Å². The number of fused-ring (bicyclic) bond motifs is 1. The first kappa shape index (κ1) is 17.7. The van der Waals surface area contributed by atoms with E-state index in [9.17, 15) is 9.59 Å². The number of amides is 1. The average molecular weight is 377 g/mol. The van der Waals surface area contributed by atoms with Gasteiger partial charge in [0.15, 0.2) is 0 Å². The summed E-state index contributed by atoms with van der Waals surface area (Å²) in [6.45, 7) is 4.15. The zero-order valence-corrected chi connectivity index (χ0v) is 15.5. The van der Waals surface area contributed by atoms with Crippen LogP contribution in [0.4, 0.5) is 0 Å². The molecule has 4 aromatic rings. The number of hydrogen-bond donors (Lipinski definition) is 1. The Kier molecular flexibility index (Phi) is 4.52. The summed E-state index contributed by atoms with van der Waals surface area (Å²) in [4.78, 5) is 24.8. The minimum absolute atomic E-state index is 0.180. The monoisotopic (exact) mass is 377 g/mol. The van der Waals surface area contributed by atoms with E-state index < -0.39 is 0 Å². The number of furan rings is 1. The summed E-state index contributed by atoms with van der Waals surface area (Å²) in [5, 5.41) is 11.2. The third kappa shape index (κ3) is 3.44. The number of carbonyl (C=O) groups excluding carboxylic acids is 1. The van der Waals surface area contributed by atoms with Crippen molar-refractivity contribution in [1.29, 1.82) is 0 Å². The summed E-state index contributed by atoms with van der Waals surface area (Å²) < 4.78 is 7.72. The second-order valence-electron chi connectivity index (χ2n) is 6.61. The molecule has 1 aromatic carbocycles. The summed E-state index contributed by atoms with van der Waals surface area (Å²) in [6, 6.07) is 11.2. The van der Waals surface area contributed by atoms with E-state index in [0.29, 0.717) is 17.0 Å². The molecule has 8 nitrogen and oxygen atoms in total. The highest BCUT2D eigenvalue weighted by molar-refractivity contribution is 5.75. The highest BCUT2D eigenvalue weighted by Crippen LogP contribution is 2.21. The number of aromatic nitrogens is 4. The first-order valence-corrected chi connectivity index (χ1v) is 8.83. The van der Waals surface area contributed by atoms with Gasteiger partial charge in [-0.1, -0.05) is 12.1 Å². The van der Waals surface area contributed by atoms with Gasteiger partial charge in [-0.2, -0.15) is 10.2 Å². The summed E-state index contributed by atoms with van der Waals surface area (Å²) in [6.07, 6.45) is 2.97. The molecule has 8 heteroatoms. The van der Waals surface area contributed by atoms with Crippen LogP contribution in [0.1, 0.15) is 16.9 Å². The standard InChI is InChI=1S/C20H19N5O3/c1-13-5-6-15(8-14(13)2)17-9-18-20(27)24(22-12-25(18)23-17)11-19(26)21-10-16-4-3-7-28-16/h3-9,12H,10-11H2,1-2H3,(H,21,26). The predicted octanol–water partition coefficient (Wildman–Crippen LogP) is 2.08. The molecule has 3 aromatic heterocycles. The zero-order valence-electron chi connectivity index (χ0n) is 15.5. The summed E-state index contributed by atoms with van der Waals surface area (Å²) in [5.41, 5.74) is 3.94. The number of aryl methyl sites for hydroxylation is 2. The Hall–Kier alpha value is -3.68. The van der Waals surface area contributed by atoms with Crippen molar-refractivity contribution in [3.05, 3.63) is 76.2 Å². The van der Waals surface area contributed by atoms with Gasteiger partial charge in [0, 0.05) is 5.56 Å². The van der Waals surface area contributed by atoms with Crippen LogP contribution in [0.25, 0.3) is 16.8 Å². The van der Waals surface area contributed by atoms with Gasteiger partial charge in [-0.15, -0.1) is 0 Å². The number of nitrogens with zero attached hydrogens (tertiary/aromatic N) is 4. The van der Waals surface area contributed by atoms with Gasteiger partial charge >= 0.3 is 0 Å². The minimum atomic E-state index is -0.377. The molecule has 0 spiro atoms. The molecule has 1 amide bonds. The van der Waals surface area contributed by atoms with Crippen LogP contribution in [-0.2, 0) is 17.9 Å². The van der Waals surface area contributed by atoms with E-state index in [1.54, 1.807) is 18.2 Å². The zero-order chi connectivity index (χ0) is 19.7. The van der Waals surface area contributed by atoms with Crippen molar-refractivity contribution in [2.24, 2.45) is 0 Å². The van der Waals surface area contributed by atoms with Gasteiger partial charge in [0.05, 0.1) is 18.5 Å². The third-order valence-corrected chi connectivity index (χ3v) is 4.63. The Bertz CT molecular complexity index is 1200. The van der Waals surface area contributed by atoms with Crippen molar-refractivity contribution < 1.29 is 9.21 Å². The SMILES string of the molecule is Cc1ccc(-c2cc3c(=O)n(CC(=O)NCc4ccco4)ncn3n2)cc1C. The van der Waals surface area contributed by atoms with Gasteiger partial charge in [-0.25, -0.2) is 9.20 Å². The molecule has 0 saturated heterocycles. The van der Waals surface area contributed by atoms with Gasteiger partial charge in [0.1, 0.15) is 24.1 Å². The molecule has 0 aliphatic carbocycles. The van der Waals surface area contributed by atoms with Crippen molar-refractivity contribution >= 4 is 11.4 Å². The molecule has 28 heavy (non-hydrogen) atoms. The van der Waals surface area contributed by atoms with Crippen LogP contribution in [0.5, 0.6) is 0 Å². The lowest BCUT2D eigenvalue weighted by atomic mass is 10.0. The molecule has 0 aliphatic rings. The smallest absolute Gasteiger partial charge is 0.293 e. The molecule has 3 heterocycles. The molecule has 0 bridgehead atoms. The molecule has 0 aliphatic heterocycles. The van der Waals surface area contributed by atoms with Gasteiger partial charge in [0.25, 0.3) is 5.56 Å². The summed E-state index contributed by atoms with van der Waals surface area (Å²) >= 11 is 0. The number of benzene rings is 1. The lowest BCUT2D eigenvalue weighted by molar-refractivity contribution is -0.122. The van der Waals surface area contributed by atoms with E-state index in [0.717, 1.165) is 15.8 Å². The molecule has 0 saturated carbocycles. The number of hydrogen-bond acceptors (Lipinski definition) is 5. The maximum atomic E-state index is 12.7. The molecule has 0 fully saturated rings. The minimum Gasteiger partial charge on any atom is -0.467 e. The quantitative estimate of drug-likeness (QED) is 0.575. The topological polar surface area (TPSA) is 94.4 Å². The van der Waals surface area contributed by atoms with Crippen molar-refractivity contribution in [1.82, 2.24) is 24.7 Å². The van der Waals surface area contributed by atoms with Crippen LogP contribution >= 0.6 is 0 Å². The molecular formula is C20H19N5O3. The van der Waals surface area contributed by atoms with Gasteiger partial charge < -0.3 is 9.73 Å². The molecule has 142 valence electrons. The van der Waals surface area contributed by atoms with E-state index in [4.69, 9.17) is 4.42 Å². The summed E-state index contributed by atoms with van der Waals surface area (Å²) in [7, 11) is 0. The Balaban J connectivity index is 1.57. The first-order valence-electron chi connectivity index (χ1n) is 8.83. The van der Waals surface area contributed by atoms with Gasteiger partial charge in [-0.05, 0) is 49.2 Å². The van der Waals surface area contributed by atoms with Crippen LogP contribution in [0.2, 0.25) is 0 Å². The maximum Gasteiger partial charge on any atom is 0.293 e. The lowest BCUT2D eigenvalue weighted by Crippen LogP contribution is -2.33. The Labute approximate surface area is 160 Å². The fourth-order valence-corrected chi connectivity index (χ4v) is 2.88. The highest BCUT2D eigenvalue weighted by Gasteiger charge is 2.13. The van der Waals surface area contributed by atoms with Crippen LogP contribution < -0.4 is 10.9 Å². The van der Waals surface area contributed by atoms with Crippen LogP contribution in [0, 0.1) is 13.8 Å². The van der Waals surface area contributed by atoms with Crippen molar-refractivity contribution in [2.45, 2.75) is 26.9 Å². The van der Waals surface area contributed by atoms with Crippen molar-refractivity contribution in [3.63, 3.8) is 0 Å². The van der Waals surface area contributed by atoms with E-state index >= 15 is 0 Å². The Morgan fingerprint density at radius 1 is 1.18 bits per heavy atom. The number of carbonyl (C=O) groups is 1. The maximum absolute atomic E-state index is 12.7. The van der Waals surface area contributed by atoms with E-state index in [2.05, 4.69) is 15.5 Å². The van der Waals surface area contributed by atoms with E-state index in [1.165, 1.54) is 22.7 Å². The van der Waals surface area contributed by atoms with Crippen LogP contribution in [0.3, 0.4) is 0 Å². The number of rotatable bonds is 5. The Morgan fingerprint density at radius 2 is 2.04 bits per heavy atom. The molecule has 1 N–H and O–H groups in total. The first-order chi connectivity index (χ1) is 13.5. The fourth-order valence-electron chi connectivity index (χ4n) is 2.88. The molecule has 4 rings (SSSR count). The summed E-state index contributed by atoms with van der Waals surface area (Å²) in [5.74, 6) is 0.308. The normalized spacial score (nSPS) is 11.1. The highest BCUT2D eigenvalue weighted by atomic mass is 16.3. The largest absolute Gasteiger partial charge is 0.467 e. The molecule has 0 unspecified atom stereocenters. The predicted molar refractivity (Wildman–Crippen MR) is 103 cm³/mol. The fraction of sp³-hybridized carbons (Fsp3) is 0.200. The second kappa shape index (κ2) is 7.15. The lowest BCUT2D eigenvalue weighted by Gasteiger charge is -2.05.